The lowest BCUT2D eigenvalue weighted by Crippen LogP contribution is -2.45. The van der Waals surface area contributed by atoms with Crippen molar-refractivity contribution in [2.24, 2.45) is 5.92 Å². The fraction of sp³-hybridized carbons (Fsp3) is 0.846. The van der Waals surface area contributed by atoms with Crippen LogP contribution in [-0.2, 0) is 15.6 Å². The predicted octanol–water partition coefficient (Wildman–Crippen LogP) is 1.04. The minimum Gasteiger partial charge on any atom is -0.481 e. The van der Waals surface area contributed by atoms with Gasteiger partial charge in [-0.3, -0.25) is 9.00 Å². The van der Waals surface area contributed by atoms with Gasteiger partial charge in [0.1, 0.15) is 0 Å². The Hall–Kier alpha value is -1.11. The molecule has 0 aromatic carbocycles. The maximum Gasteiger partial charge on any atom is 0.317 e. The number of rotatable bonds is 7. The van der Waals surface area contributed by atoms with Crippen molar-refractivity contribution in [3.63, 3.8) is 0 Å². The zero-order valence-corrected chi connectivity index (χ0v) is 12.8. The largest absolute Gasteiger partial charge is 0.481 e. The highest BCUT2D eigenvalue weighted by Crippen LogP contribution is 2.21. The van der Waals surface area contributed by atoms with Crippen LogP contribution in [0.5, 0.6) is 0 Å². The van der Waals surface area contributed by atoms with E-state index in [9.17, 15) is 13.8 Å². The number of likely N-dealkylation sites (tertiary alicyclic amines) is 1. The summed E-state index contributed by atoms with van der Waals surface area (Å²) in [5.41, 5.74) is 0. The van der Waals surface area contributed by atoms with E-state index in [1.54, 1.807) is 4.90 Å². The Morgan fingerprint density at radius 2 is 2.00 bits per heavy atom. The summed E-state index contributed by atoms with van der Waals surface area (Å²) in [7, 11) is -0.850. The van der Waals surface area contributed by atoms with Crippen molar-refractivity contribution < 1.29 is 18.9 Å². The number of carboxylic acids is 1. The molecule has 1 heterocycles. The van der Waals surface area contributed by atoms with Gasteiger partial charge in [-0.1, -0.05) is 6.92 Å². The molecule has 2 N–H and O–H groups in total. The van der Waals surface area contributed by atoms with Crippen LogP contribution in [-0.4, -0.2) is 57.4 Å². The zero-order chi connectivity index (χ0) is 15.0. The molecule has 1 saturated heterocycles. The van der Waals surface area contributed by atoms with Crippen LogP contribution in [0, 0.1) is 5.92 Å². The highest BCUT2D eigenvalue weighted by molar-refractivity contribution is 7.84. The number of aliphatic carboxylic acids is 1. The maximum absolute atomic E-state index is 11.9. The standard InChI is InChI=1S/C13H24N2O4S/c1-2-20(19)10-7-14-13(18)15-8-5-11(6-9-15)3-4-12(16)17/h11H,2-10H2,1H3,(H,14,18)(H,16,17). The minimum absolute atomic E-state index is 0.102. The third-order valence-corrected chi connectivity index (χ3v) is 4.90. The number of carbonyl (C=O) groups excluding carboxylic acids is 1. The zero-order valence-electron chi connectivity index (χ0n) is 12.0. The Kier molecular flexibility index (Phi) is 7.58. The molecule has 1 aliphatic rings. The SMILES string of the molecule is CCS(=O)CCNC(=O)N1CCC(CCC(=O)O)CC1. The van der Waals surface area contributed by atoms with Crippen molar-refractivity contribution >= 4 is 22.8 Å². The number of nitrogens with one attached hydrogen (secondary N) is 1. The van der Waals surface area contributed by atoms with Crippen LogP contribution in [0.25, 0.3) is 0 Å². The highest BCUT2D eigenvalue weighted by atomic mass is 32.2. The molecule has 116 valence electrons. The molecule has 0 aromatic rings. The number of piperidine rings is 1. The second kappa shape index (κ2) is 8.94. The normalized spacial score (nSPS) is 17.8. The number of hydrogen-bond donors (Lipinski definition) is 2. The fourth-order valence-corrected chi connectivity index (χ4v) is 2.90. The molecule has 7 heteroatoms. The van der Waals surface area contributed by atoms with Crippen LogP contribution in [0.15, 0.2) is 0 Å². The van der Waals surface area contributed by atoms with Crippen molar-refractivity contribution in [1.82, 2.24) is 10.2 Å². The van der Waals surface area contributed by atoms with Crippen LogP contribution >= 0.6 is 0 Å². The second-order valence-corrected chi connectivity index (χ2v) is 6.89. The second-order valence-electron chi connectivity index (χ2n) is 5.03. The number of nitrogens with zero attached hydrogens (tertiary/aromatic N) is 1. The number of carboxylic acid groups (broad SMARTS) is 1. The molecule has 0 bridgehead atoms. The Bertz CT molecular complexity index is 354. The molecule has 1 aliphatic heterocycles. The molecule has 1 fully saturated rings. The molecular weight excluding hydrogens is 280 g/mol. The van der Waals surface area contributed by atoms with E-state index in [1.807, 2.05) is 6.92 Å². The van der Waals surface area contributed by atoms with Crippen molar-refractivity contribution in [1.29, 1.82) is 0 Å². The van der Waals surface area contributed by atoms with Crippen LogP contribution in [0.1, 0.15) is 32.6 Å². The highest BCUT2D eigenvalue weighted by Gasteiger charge is 2.22. The van der Waals surface area contributed by atoms with Crippen molar-refractivity contribution in [3.05, 3.63) is 0 Å². The summed E-state index contributed by atoms with van der Waals surface area (Å²) in [4.78, 5) is 24.1. The average Bonchev–Trinajstić information content (AvgIpc) is 2.45. The summed E-state index contributed by atoms with van der Waals surface area (Å²) in [5, 5.41) is 11.4. The molecule has 0 radical (unpaired) electrons. The number of amides is 2. The maximum atomic E-state index is 11.9. The molecule has 0 aromatic heterocycles. The molecule has 2 amide bonds. The Morgan fingerprint density at radius 3 is 2.55 bits per heavy atom. The van der Waals surface area contributed by atoms with Crippen LogP contribution in [0.2, 0.25) is 0 Å². The van der Waals surface area contributed by atoms with E-state index in [4.69, 9.17) is 5.11 Å². The Morgan fingerprint density at radius 1 is 1.35 bits per heavy atom. The van der Waals surface area contributed by atoms with E-state index in [0.717, 1.165) is 12.8 Å². The van der Waals surface area contributed by atoms with Gasteiger partial charge in [-0.05, 0) is 25.2 Å². The molecule has 6 nitrogen and oxygen atoms in total. The quantitative estimate of drug-likeness (QED) is 0.736. The monoisotopic (exact) mass is 304 g/mol. The number of hydrogen-bond acceptors (Lipinski definition) is 3. The van der Waals surface area contributed by atoms with Crippen LogP contribution in [0.3, 0.4) is 0 Å². The first-order valence-electron chi connectivity index (χ1n) is 7.12. The minimum atomic E-state index is -0.850. The molecule has 1 unspecified atom stereocenters. The summed E-state index contributed by atoms with van der Waals surface area (Å²) in [6.07, 6.45) is 2.63. The van der Waals surface area contributed by atoms with Gasteiger partial charge in [-0.15, -0.1) is 0 Å². The van der Waals surface area contributed by atoms with Gasteiger partial charge in [0.2, 0.25) is 0 Å². The topological polar surface area (TPSA) is 86.7 Å². The summed E-state index contributed by atoms with van der Waals surface area (Å²) in [6.45, 7) is 3.65. The summed E-state index contributed by atoms with van der Waals surface area (Å²) in [6, 6.07) is -0.102. The van der Waals surface area contributed by atoms with Crippen LogP contribution in [0.4, 0.5) is 4.79 Å². The molecule has 0 spiro atoms. The summed E-state index contributed by atoms with van der Waals surface area (Å²) >= 11 is 0. The van der Waals surface area contributed by atoms with Crippen LogP contribution < -0.4 is 5.32 Å². The van der Waals surface area contributed by atoms with E-state index in [1.165, 1.54) is 0 Å². The third kappa shape index (κ3) is 6.36. The molecule has 1 rings (SSSR count). The van der Waals surface area contributed by atoms with Gasteiger partial charge in [0.15, 0.2) is 0 Å². The van der Waals surface area contributed by atoms with Gasteiger partial charge in [-0.2, -0.15) is 0 Å². The first-order valence-corrected chi connectivity index (χ1v) is 8.61. The van der Waals surface area contributed by atoms with Gasteiger partial charge in [0.05, 0.1) is 0 Å². The predicted molar refractivity (Wildman–Crippen MR) is 78.1 cm³/mol. The van der Waals surface area contributed by atoms with Gasteiger partial charge >= 0.3 is 12.0 Å². The molecular formula is C13H24N2O4S. The molecule has 1 atom stereocenters. The van der Waals surface area contributed by atoms with Gasteiger partial charge < -0.3 is 15.3 Å². The van der Waals surface area contributed by atoms with Crippen molar-refractivity contribution in [2.75, 3.05) is 31.1 Å². The lowest BCUT2D eigenvalue weighted by Gasteiger charge is -2.31. The first kappa shape index (κ1) is 16.9. The van der Waals surface area contributed by atoms with E-state index in [-0.39, 0.29) is 12.5 Å². The number of urea groups is 1. The first-order chi connectivity index (χ1) is 9.52. The average molecular weight is 304 g/mol. The smallest absolute Gasteiger partial charge is 0.317 e. The van der Waals surface area contributed by atoms with E-state index >= 15 is 0 Å². The molecule has 0 aliphatic carbocycles. The van der Waals surface area contributed by atoms with Gasteiger partial charge in [-0.25, -0.2) is 4.79 Å². The van der Waals surface area contributed by atoms with Gasteiger partial charge in [0, 0.05) is 48.4 Å². The summed E-state index contributed by atoms with van der Waals surface area (Å²) in [5.74, 6) is 0.763. The molecule has 20 heavy (non-hydrogen) atoms. The molecule has 0 saturated carbocycles. The van der Waals surface area contributed by atoms with Gasteiger partial charge in [0.25, 0.3) is 0 Å². The third-order valence-electron chi connectivity index (χ3n) is 3.60. The summed E-state index contributed by atoms with van der Waals surface area (Å²) < 4.78 is 11.2. The van der Waals surface area contributed by atoms with E-state index < -0.39 is 16.8 Å². The van der Waals surface area contributed by atoms with E-state index in [0.29, 0.717) is 43.5 Å². The van der Waals surface area contributed by atoms with Crippen molar-refractivity contribution in [2.45, 2.75) is 32.6 Å². The lowest BCUT2D eigenvalue weighted by molar-refractivity contribution is -0.137. The van der Waals surface area contributed by atoms with E-state index in [2.05, 4.69) is 5.32 Å². The number of carbonyl (C=O) groups is 2. The lowest BCUT2D eigenvalue weighted by atomic mass is 9.92. The Balaban J connectivity index is 2.18. The van der Waals surface area contributed by atoms with Crippen molar-refractivity contribution in [3.8, 4) is 0 Å². The Labute approximate surface area is 122 Å². The fourth-order valence-electron chi connectivity index (χ4n) is 2.28.